The summed E-state index contributed by atoms with van der Waals surface area (Å²) in [4.78, 5) is 49.1. The molecule has 0 spiro atoms. The van der Waals surface area contributed by atoms with Gasteiger partial charge >= 0.3 is 0 Å². The minimum absolute atomic E-state index is 0.229. The van der Waals surface area contributed by atoms with Crippen LogP contribution in [0.2, 0.25) is 0 Å². The zero-order valence-corrected chi connectivity index (χ0v) is 21.5. The molecule has 5 N–H and O–H groups in total. The van der Waals surface area contributed by atoms with Crippen LogP contribution in [0.4, 0.5) is 0 Å². The first-order valence-electron chi connectivity index (χ1n) is 11.7. The van der Waals surface area contributed by atoms with Gasteiger partial charge in [-0.05, 0) is 48.6 Å². The number of carbonyl (C=O) groups is 4. The Kier molecular flexibility index (Phi) is 11.9. The third kappa shape index (κ3) is 10.1. The fraction of sp³-hybridized carbons (Fsp3) is 0.385. The quantitative estimate of drug-likeness (QED) is 0.242. The number of thiol groups is 1. The molecular weight excluding hydrogens is 480 g/mol. The van der Waals surface area contributed by atoms with Crippen molar-refractivity contribution in [1.29, 1.82) is 0 Å². The monoisotopic (exact) mass is 514 g/mol. The topological polar surface area (TPSA) is 140 Å². The van der Waals surface area contributed by atoms with Crippen LogP contribution in [0.5, 0.6) is 5.75 Å². The van der Waals surface area contributed by atoms with Crippen molar-refractivity contribution in [3.05, 3.63) is 65.2 Å². The average molecular weight is 515 g/mol. The molecule has 0 heterocycles. The van der Waals surface area contributed by atoms with Crippen molar-refractivity contribution in [1.82, 2.24) is 16.0 Å². The minimum Gasteiger partial charge on any atom is -0.492 e. The van der Waals surface area contributed by atoms with Gasteiger partial charge in [0, 0.05) is 26.4 Å². The lowest BCUT2D eigenvalue weighted by atomic mass is 10.0. The summed E-state index contributed by atoms with van der Waals surface area (Å²) in [6.45, 7) is 4.17. The van der Waals surface area contributed by atoms with E-state index in [0.717, 1.165) is 16.7 Å². The minimum atomic E-state index is -1.13. The van der Waals surface area contributed by atoms with Crippen molar-refractivity contribution in [3.8, 4) is 5.75 Å². The maximum absolute atomic E-state index is 13.2. The third-order valence-electron chi connectivity index (χ3n) is 5.43. The standard InChI is InChI=1S/C26H34N4O5S/c1-17-8-10-21(35-13-12-27)14-20(17)16-28-25(33)22(11-9-19-6-4-3-5-7-19)30-26(34)23(15-24(32)36)29-18(2)31/h3-8,10,14,22-23H,9,11-13,15-16,27H2,1-2H3,(H,28,33)(H,29,31)(H,30,34)(H,32,36)/t22-,23-/m0/s1. The van der Waals surface area contributed by atoms with Crippen molar-refractivity contribution in [3.63, 3.8) is 0 Å². The normalized spacial score (nSPS) is 12.2. The van der Waals surface area contributed by atoms with E-state index in [1.54, 1.807) is 0 Å². The number of benzene rings is 2. The zero-order chi connectivity index (χ0) is 26.5. The maximum atomic E-state index is 13.2. The molecule has 9 nitrogen and oxygen atoms in total. The van der Waals surface area contributed by atoms with Crippen LogP contribution in [-0.2, 0) is 32.1 Å². The number of aryl methyl sites for hydroxylation is 2. The number of hydrogen-bond acceptors (Lipinski definition) is 6. The first-order valence-corrected chi connectivity index (χ1v) is 12.2. The molecule has 0 aliphatic heterocycles. The molecule has 2 rings (SSSR count). The highest BCUT2D eigenvalue weighted by Crippen LogP contribution is 2.17. The fourth-order valence-electron chi connectivity index (χ4n) is 3.54. The Bertz CT molecular complexity index is 1030. The van der Waals surface area contributed by atoms with Gasteiger partial charge in [0.2, 0.25) is 17.7 Å². The van der Waals surface area contributed by atoms with E-state index >= 15 is 0 Å². The molecule has 0 saturated carbocycles. The first kappa shape index (κ1) is 28.9. The Balaban J connectivity index is 2.14. The molecule has 10 heteroatoms. The molecule has 0 bridgehead atoms. The fourth-order valence-corrected chi connectivity index (χ4v) is 3.72. The van der Waals surface area contributed by atoms with Crippen LogP contribution in [-0.4, -0.2) is 48.1 Å². The first-order chi connectivity index (χ1) is 17.2. The number of nitrogens with two attached hydrogens (primary N) is 1. The molecule has 2 aromatic rings. The zero-order valence-electron chi connectivity index (χ0n) is 20.6. The van der Waals surface area contributed by atoms with Gasteiger partial charge in [-0.3, -0.25) is 19.2 Å². The summed E-state index contributed by atoms with van der Waals surface area (Å²) in [6, 6.07) is 13.1. The SMILES string of the molecule is CC(=O)N[C@@H](CC(=O)S)C(=O)N[C@@H](CCc1ccccc1)C(=O)NCc1cc(OCCN)ccc1C. The van der Waals surface area contributed by atoms with Crippen LogP contribution < -0.4 is 26.4 Å². The van der Waals surface area contributed by atoms with Gasteiger partial charge in [-0.25, -0.2) is 0 Å². The van der Waals surface area contributed by atoms with Gasteiger partial charge in [-0.15, -0.1) is 12.6 Å². The van der Waals surface area contributed by atoms with Gasteiger partial charge in [0.25, 0.3) is 0 Å². The van der Waals surface area contributed by atoms with Crippen LogP contribution in [0.15, 0.2) is 48.5 Å². The van der Waals surface area contributed by atoms with E-state index in [0.29, 0.717) is 31.7 Å². The molecule has 0 aromatic heterocycles. The van der Waals surface area contributed by atoms with Crippen LogP contribution >= 0.6 is 12.6 Å². The van der Waals surface area contributed by atoms with Crippen molar-refractivity contribution in [2.75, 3.05) is 13.2 Å². The Hall–Kier alpha value is -3.37. The molecule has 194 valence electrons. The molecule has 0 fully saturated rings. The smallest absolute Gasteiger partial charge is 0.243 e. The molecule has 36 heavy (non-hydrogen) atoms. The van der Waals surface area contributed by atoms with E-state index < -0.39 is 29.0 Å². The summed E-state index contributed by atoms with van der Waals surface area (Å²) in [7, 11) is 0. The molecular formula is C26H34N4O5S. The highest BCUT2D eigenvalue weighted by Gasteiger charge is 2.27. The van der Waals surface area contributed by atoms with E-state index in [4.69, 9.17) is 10.5 Å². The van der Waals surface area contributed by atoms with Gasteiger partial charge in [0.05, 0.1) is 0 Å². The van der Waals surface area contributed by atoms with E-state index in [1.807, 2.05) is 55.5 Å². The van der Waals surface area contributed by atoms with Crippen LogP contribution in [0.1, 0.15) is 36.5 Å². The molecule has 2 aromatic carbocycles. The summed E-state index contributed by atoms with van der Waals surface area (Å²) in [5.74, 6) is -0.832. The third-order valence-corrected chi connectivity index (χ3v) is 5.61. The van der Waals surface area contributed by atoms with E-state index in [1.165, 1.54) is 6.92 Å². The van der Waals surface area contributed by atoms with E-state index in [9.17, 15) is 19.2 Å². The van der Waals surface area contributed by atoms with Crippen LogP contribution in [0, 0.1) is 6.92 Å². The Labute approximate surface area is 217 Å². The van der Waals surface area contributed by atoms with Crippen LogP contribution in [0.25, 0.3) is 0 Å². The number of hydrogen-bond donors (Lipinski definition) is 5. The summed E-state index contributed by atoms with van der Waals surface area (Å²) in [6.07, 6.45) is 0.565. The molecule has 0 unspecified atom stereocenters. The maximum Gasteiger partial charge on any atom is 0.243 e. The largest absolute Gasteiger partial charge is 0.492 e. The summed E-state index contributed by atoms with van der Waals surface area (Å²) >= 11 is 3.72. The Morgan fingerprint density at radius 3 is 2.36 bits per heavy atom. The lowest BCUT2D eigenvalue weighted by Gasteiger charge is -2.22. The Morgan fingerprint density at radius 2 is 1.72 bits per heavy atom. The molecule has 2 atom stereocenters. The summed E-state index contributed by atoms with van der Waals surface area (Å²) in [5.41, 5.74) is 8.34. The lowest BCUT2D eigenvalue weighted by Crippen LogP contribution is -2.54. The van der Waals surface area contributed by atoms with E-state index in [2.05, 4.69) is 28.6 Å². The number of ether oxygens (including phenoxy) is 1. The van der Waals surface area contributed by atoms with E-state index in [-0.39, 0.29) is 18.9 Å². The highest BCUT2D eigenvalue weighted by atomic mass is 32.1. The highest BCUT2D eigenvalue weighted by molar-refractivity contribution is 7.96. The summed E-state index contributed by atoms with van der Waals surface area (Å²) < 4.78 is 5.57. The predicted octanol–water partition coefficient (Wildman–Crippen LogP) is 1.42. The predicted molar refractivity (Wildman–Crippen MR) is 140 cm³/mol. The van der Waals surface area contributed by atoms with Gasteiger partial charge in [-0.1, -0.05) is 36.4 Å². The van der Waals surface area contributed by atoms with Crippen molar-refractivity contribution < 1.29 is 23.9 Å². The van der Waals surface area contributed by atoms with Crippen molar-refractivity contribution in [2.24, 2.45) is 5.73 Å². The molecule has 0 saturated heterocycles. The lowest BCUT2D eigenvalue weighted by molar-refractivity contribution is -0.132. The van der Waals surface area contributed by atoms with Gasteiger partial charge in [-0.2, -0.15) is 0 Å². The molecule has 0 aliphatic rings. The second kappa shape index (κ2) is 14.9. The second-order valence-electron chi connectivity index (χ2n) is 8.38. The second-order valence-corrected chi connectivity index (χ2v) is 8.88. The van der Waals surface area contributed by atoms with Crippen molar-refractivity contribution >= 4 is 35.5 Å². The van der Waals surface area contributed by atoms with Crippen LogP contribution in [0.3, 0.4) is 0 Å². The number of nitrogens with one attached hydrogen (secondary N) is 3. The number of rotatable bonds is 14. The van der Waals surface area contributed by atoms with Gasteiger partial charge < -0.3 is 26.4 Å². The molecule has 0 aliphatic carbocycles. The van der Waals surface area contributed by atoms with Crippen molar-refractivity contribution in [2.45, 2.75) is 51.7 Å². The van der Waals surface area contributed by atoms with Gasteiger partial charge in [0.1, 0.15) is 24.4 Å². The molecule has 3 amide bonds. The average Bonchev–Trinajstić information content (AvgIpc) is 2.84. The molecule has 0 radical (unpaired) electrons. The number of amides is 3. The van der Waals surface area contributed by atoms with Gasteiger partial charge in [0.15, 0.2) is 5.12 Å². The summed E-state index contributed by atoms with van der Waals surface area (Å²) in [5, 5.41) is 7.47. The Morgan fingerprint density at radius 1 is 1.00 bits per heavy atom. The number of carbonyl (C=O) groups excluding carboxylic acids is 4.